The molecule has 2 aliphatic rings. The van der Waals surface area contributed by atoms with Crippen molar-refractivity contribution in [2.45, 2.75) is 48.0 Å². The summed E-state index contributed by atoms with van der Waals surface area (Å²) in [5.41, 5.74) is 2.83. The molecule has 5 rings (SSSR count). The number of nitrogens with zero attached hydrogens (tertiary/aromatic N) is 3. The molecule has 1 aliphatic carbocycles. The molecule has 1 aliphatic heterocycles. The van der Waals surface area contributed by atoms with E-state index in [-0.39, 0.29) is 0 Å². The third kappa shape index (κ3) is 4.00. The van der Waals surface area contributed by atoms with Gasteiger partial charge in [-0.2, -0.15) is 4.31 Å². The fraction of sp³-hybridized carbons (Fsp3) is 0.409. The molecule has 0 atom stereocenters. The van der Waals surface area contributed by atoms with Crippen LogP contribution in [0.2, 0.25) is 5.02 Å². The summed E-state index contributed by atoms with van der Waals surface area (Å²) in [5.74, 6) is 1.42. The fourth-order valence-electron chi connectivity index (χ4n) is 3.93. The molecule has 0 unspecified atom stereocenters. The lowest BCUT2D eigenvalue weighted by Crippen LogP contribution is -2.27. The summed E-state index contributed by atoms with van der Waals surface area (Å²) in [6, 6.07) is 13.3. The van der Waals surface area contributed by atoms with E-state index in [9.17, 15) is 8.42 Å². The minimum atomic E-state index is -3.45. The van der Waals surface area contributed by atoms with Crippen molar-refractivity contribution in [3.05, 3.63) is 53.1 Å². The Labute approximate surface area is 186 Å². The van der Waals surface area contributed by atoms with Crippen molar-refractivity contribution in [3.63, 3.8) is 0 Å². The van der Waals surface area contributed by atoms with Crippen molar-refractivity contribution in [1.29, 1.82) is 0 Å². The molecule has 30 heavy (non-hydrogen) atoms. The van der Waals surface area contributed by atoms with Gasteiger partial charge < -0.3 is 4.57 Å². The van der Waals surface area contributed by atoms with Gasteiger partial charge in [0.2, 0.25) is 10.0 Å². The van der Waals surface area contributed by atoms with Gasteiger partial charge in [0.05, 0.1) is 15.9 Å². The average molecular weight is 462 g/mol. The molecule has 0 spiro atoms. The van der Waals surface area contributed by atoms with Crippen LogP contribution in [-0.4, -0.2) is 35.4 Å². The van der Waals surface area contributed by atoms with Gasteiger partial charge in [-0.25, -0.2) is 13.4 Å². The summed E-state index contributed by atoms with van der Waals surface area (Å²) in [7, 11) is -3.45. The molecular formula is C22H24ClN3O2S2. The summed E-state index contributed by atoms with van der Waals surface area (Å²) in [4.78, 5) is 5.18. The molecule has 3 aromatic rings. The first kappa shape index (κ1) is 20.4. The van der Waals surface area contributed by atoms with Crippen LogP contribution in [0.25, 0.3) is 11.0 Å². The first-order chi connectivity index (χ1) is 14.5. The number of rotatable bonds is 7. The van der Waals surface area contributed by atoms with Crippen LogP contribution in [0.3, 0.4) is 0 Å². The Balaban J connectivity index is 1.49. The SMILES string of the molecule is O=S(=O)(c1ccc2c(c1)nc(SCc1ccccc1Cl)n2CC1CC1)N1CCCC1. The number of fused-ring (bicyclic) bond motifs is 1. The highest BCUT2D eigenvalue weighted by Gasteiger charge is 2.29. The van der Waals surface area contributed by atoms with Crippen LogP contribution in [0.4, 0.5) is 0 Å². The minimum absolute atomic E-state index is 0.343. The molecule has 0 radical (unpaired) electrons. The standard InChI is InChI=1S/C22H24ClN3O2S2/c23-19-6-2-1-5-17(19)15-29-22-24-20-13-18(30(27,28)25-11-3-4-12-25)9-10-21(20)26(22)14-16-7-8-16/h1-2,5-6,9-10,13,16H,3-4,7-8,11-12,14-15H2. The Morgan fingerprint density at radius 2 is 1.87 bits per heavy atom. The number of hydrogen-bond donors (Lipinski definition) is 0. The van der Waals surface area contributed by atoms with Crippen molar-refractivity contribution in [3.8, 4) is 0 Å². The zero-order valence-corrected chi connectivity index (χ0v) is 19.0. The second-order valence-electron chi connectivity index (χ2n) is 8.09. The fourth-order valence-corrected chi connectivity index (χ4v) is 6.78. The summed E-state index contributed by atoms with van der Waals surface area (Å²) in [6.45, 7) is 2.14. The maximum atomic E-state index is 13.0. The van der Waals surface area contributed by atoms with Gasteiger partial charge in [0.25, 0.3) is 0 Å². The zero-order chi connectivity index (χ0) is 20.7. The maximum Gasteiger partial charge on any atom is 0.243 e. The molecule has 2 aromatic carbocycles. The van der Waals surface area contributed by atoms with E-state index in [1.54, 1.807) is 28.2 Å². The van der Waals surface area contributed by atoms with Gasteiger partial charge in [0, 0.05) is 30.4 Å². The smallest absolute Gasteiger partial charge is 0.243 e. The zero-order valence-electron chi connectivity index (χ0n) is 16.6. The number of benzene rings is 2. The summed E-state index contributed by atoms with van der Waals surface area (Å²) in [6.07, 6.45) is 4.35. The third-order valence-corrected chi connectivity index (χ3v) is 9.13. The number of hydrogen-bond acceptors (Lipinski definition) is 4. The van der Waals surface area contributed by atoms with E-state index >= 15 is 0 Å². The highest BCUT2D eigenvalue weighted by atomic mass is 35.5. The monoisotopic (exact) mass is 461 g/mol. The quantitative estimate of drug-likeness (QED) is 0.455. The maximum absolute atomic E-state index is 13.0. The van der Waals surface area contributed by atoms with Crippen LogP contribution in [0.15, 0.2) is 52.5 Å². The lowest BCUT2D eigenvalue weighted by atomic mass is 10.2. The molecule has 2 fully saturated rings. The van der Waals surface area contributed by atoms with Crippen LogP contribution in [0.1, 0.15) is 31.2 Å². The number of aromatic nitrogens is 2. The first-order valence-electron chi connectivity index (χ1n) is 10.4. The lowest BCUT2D eigenvalue weighted by Gasteiger charge is -2.15. The molecule has 0 bridgehead atoms. The van der Waals surface area contributed by atoms with Crippen molar-refractivity contribution < 1.29 is 8.42 Å². The highest BCUT2D eigenvalue weighted by molar-refractivity contribution is 7.98. The Morgan fingerprint density at radius 1 is 1.10 bits per heavy atom. The normalized spacial score (nSPS) is 17.8. The Morgan fingerprint density at radius 3 is 2.60 bits per heavy atom. The van der Waals surface area contributed by atoms with E-state index in [1.165, 1.54) is 12.8 Å². The molecule has 8 heteroatoms. The van der Waals surface area contributed by atoms with Crippen LogP contribution in [0.5, 0.6) is 0 Å². The van der Waals surface area contributed by atoms with Gasteiger partial charge >= 0.3 is 0 Å². The lowest BCUT2D eigenvalue weighted by molar-refractivity contribution is 0.477. The molecule has 5 nitrogen and oxygen atoms in total. The third-order valence-electron chi connectivity index (χ3n) is 5.84. The number of halogens is 1. The summed E-state index contributed by atoms with van der Waals surface area (Å²) in [5, 5.41) is 1.68. The van der Waals surface area contributed by atoms with Crippen LogP contribution < -0.4 is 0 Å². The van der Waals surface area contributed by atoms with E-state index in [1.807, 2.05) is 30.3 Å². The van der Waals surface area contributed by atoms with Crippen molar-refractivity contribution >= 4 is 44.4 Å². The highest BCUT2D eigenvalue weighted by Crippen LogP contribution is 2.36. The van der Waals surface area contributed by atoms with Gasteiger partial charge in [-0.05, 0) is 61.4 Å². The van der Waals surface area contributed by atoms with Crippen LogP contribution >= 0.6 is 23.4 Å². The van der Waals surface area contributed by atoms with E-state index < -0.39 is 10.0 Å². The molecule has 1 saturated heterocycles. The van der Waals surface area contributed by atoms with Crippen molar-refractivity contribution in [2.24, 2.45) is 5.92 Å². The van der Waals surface area contributed by atoms with Crippen molar-refractivity contribution in [1.82, 2.24) is 13.9 Å². The predicted molar refractivity (Wildman–Crippen MR) is 121 cm³/mol. The van der Waals surface area contributed by atoms with E-state index in [0.29, 0.717) is 23.9 Å². The molecule has 2 heterocycles. The van der Waals surface area contributed by atoms with Gasteiger partial charge in [-0.3, -0.25) is 0 Å². The van der Waals surface area contributed by atoms with E-state index in [4.69, 9.17) is 16.6 Å². The molecular weight excluding hydrogens is 438 g/mol. The Bertz CT molecular complexity index is 1180. The Kier molecular flexibility index (Phi) is 5.56. The molecule has 1 aromatic heterocycles. The van der Waals surface area contributed by atoms with E-state index in [2.05, 4.69) is 4.57 Å². The largest absolute Gasteiger partial charge is 0.319 e. The van der Waals surface area contributed by atoms with Gasteiger partial charge in [-0.15, -0.1) is 0 Å². The van der Waals surface area contributed by atoms with Gasteiger partial charge in [0.1, 0.15) is 0 Å². The number of sulfonamides is 1. The minimum Gasteiger partial charge on any atom is -0.319 e. The Hall–Kier alpha value is -1.54. The topological polar surface area (TPSA) is 55.2 Å². The second kappa shape index (κ2) is 8.19. The van der Waals surface area contributed by atoms with Gasteiger partial charge in [-0.1, -0.05) is 41.6 Å². The molecule has 0 N–H and O–H groups in total. The molecule has 1 saturated carbocycles. The predicted octanol–water partition coefficient (Wildman–Crippen LogP) is 5.18. The van der Waals surface area contributed by atoms with Crippen LogP contribution in [-0.2, 0) is 22.3 Å². The molecule has 158 valence electrons. The second-order valence-corrected chi connectivity index (χ2v) is 11.4. The number of thioether (sulfide) groups is 1. The summed E-state index contributed by atoms with van der Waals surface area (Å²) < 4.78 is 29.8. The first-order valence-corrected chi connectivity index (χ1v) is 13.2. The van der Waals surface area contributed by atoms with E-state index in [0.717, 1.165) is 51.9 Å². The van der Waals surface area contributed by atoms with Crippen molar-refractivity contribution in [2.75, 3.05) is 13.1 Å². The summed E-state index contributed by atoms with van der Waals surface area (Å²) >= 11 is 7.98. The number of imidazole rings is 1. The molecule has 0 amide bonds. The average Bonchev–Trinajstić information content (AvgIpc) is 3.24. The van der Waals surface area contributed by atoms with Gasteiger partial charge in [0.15, 0.2) is 5.16 Å². The van der Waals surface area contributed by atoms with Crippen LogP contribution in [0, 0.1) is 5.92 Å².